The SMILES string of the molecule is CC(C)C1NC(Cc2ccccc2)C(=O)N1CCC1CC1. The van der Waals surface area contributed by atoms with Crippen LogP contribution in [-0.4, -0.2) is 29.6 Å². The predicted molar refractivity (Wildman–Crippen MR) is 84.7 cm³/mol. The fraction of sp³-hybridized carbons (Fsp3) is 0.611. The first-order valence-electron chi connectivity index (χ1n) is 8.25. The number of carbonyl (C=O) groups excluding carboxylic acids is 1. The number of nitrogens with one attached hydrogen (secondary N) is 1. The van der Waals surface area contributed by atoms with Gasteiger partial charge in [-0.3, -0.25) is 10.1 Å². The minimum absolute atomic E-state index is 0.0565. The molecule has 3 rings (SSSR count). The van der Waals surface area contributed by atoms with Gasteiger partial charge in [0.25, 0.3) is 0 Å². The van der Waals surface area contributed by atoms with Crippen LogP contribution in [-0.2, 0) is 11.2 Å². The second-order valence-electron chi connectivity index (χ2n) is 6.86. The van der Waals surface area contributed by atoms with Gasteiger partial charge in [0.05, 0.1) is 12.2 Å². The summed E-state index contributed by atoms with van der Waals surface area (Å²) < 4.78 is 0. The van der Waals surface area contributed by atoms with Gasteiger partial charge in [-0.2, -0.15) is 0 Å². The third kappa shape index (κ3) is 3.46. The molecule has 1 saturated heterocycles. The van der Waals surface area contributed by atoms with Crippen LogP contribution < -0.4 is 5.32 Å². The van der Waals surface area contributed by atoms with Crippen molar-refractivity contribution in [2.24, 2.45) is 11.8 Å². The first-order chi connectivity index (χ1) is 10.1. The van der Waals surface area contributed by atoms with Crippen LogP contribution in [0.3, 0.4) is 0 Å². The molecule has 3 heteroatoms. The van der Waals surface area contributed by atoms with Crippen LogP contribution >= 0.6 is 0 Å². The molecule has 1 aliphatic carbocycles. The topological polar surface area (TPSA) is 32.3 Å². The summed E-state index contributed by atoms with van der Waals surface area (Å²) in [6.45, 7) is 5.31. The highest BCUT2D eigenvalue weighted by Gasteiger charge is 2.40. The van der Waals surface area contributed by atoms with Crippen molar-refractivity contribution in [3.63, 3.8) is 0 Å². The van der Waals surface area contributed by atoms with E-state index in [1.165, 1.54) is 24.8 Å². The van der Waals surface area contributed by atoms with E-state index in [0.717, 1.165) is 18.9 Å². The van der Waals surface area contributed by atoms with Gasteiger partial charge in [0.1, 0.15) is 0 Å². The molecule has 0 radical (unpaired) electrons. The molecule has 1 aromatic rings. The fourth-order valence-electron chi connectivity index (χ4n) is 3.23. The molecule has 0 bridgehead atoms. The number of hydrogen-bond acceptors (Lipinski definition) is 2. The molecule has 0 spiro atoms. The molecule has 2 fully saturated rings. The lowest BCUT2D eigenvalue weighted by Crippen LogP contribution is -2.42. The van der Waals surface area contributed by atoms with Crippen LogP contribution in [0.1, 0.15) is 38.7 Å². The van der Waals surface area contributed by atoms with Gasteiger partial charge < -0.3 is 4.90 Å². The highest BCUT2D eigenvalue weighted by molar-refractivity contribution is 5.84. The summed E-state index contributed by atoms with van der Waals surface area (Å²) in [5, 5.41) is 3.56. The summed E-state index contributed by atoms with van der Waals surface area (Å²) in [7, 11) is 0. The van der Waals surface area contributed by atoms with Crippen molar-refractivity contribution in [2.45, 2.75) is 51.7 Å². The first kappa shape index (κ1) is 14.6. The number of benzene rings is 1. The van der Waals surface area contributed by atoms with Crippen molar-refractivity contribution in [1.82, 2.24) is 10.2 Å². The Morgan fingerprint density at radius 2 is 1.95 bits per heavy atom. The summed E-state index contributed by atoms with van der Waals surface area (Å²) in [5.74, 6) is 1.62. The van der Waals surface area contributed by atoms with Crippen molar-refractivity contribution in [2.75, 3.05) is 6.54 Å². The van der Waals surface area contributed by atoms with Crippen molar-refractivity contribution in [3.05, 3.63) is 35.9 Å². The fourth-order valence-corrected chi connectivity index (χ4v) is 3.23. The maximum atomic E-state index is 12.7. The molecule has 1 heterocycles. The zero-order valence-corrected chi connectivity index (χ0v) is 13.1. The monoisotopic (exact) mass is 286 g/mol. The lowest BCUT2D eigenvalue weighted by molar-refractivity contribution is -0.130. The highest BCUT2D eigenvalue weighted by Crippen LogP contribution is 2.33. The predicted octanol–water partition coefficient (Wildman–Crippen LogP) is 2.81. The van der Waals surface area contributed by atoms with Crippen LogP contribution in [0.15, 0.2) is 30.3 Å². The van der Waals surface area contributed by atoms with Crippen molar-refractivity contribution in [1.29, 1.82) is 0 Å². The molecule has 0 aromatic heterocycles. The van der Waals surface area contributed by atoms with Crippen molar-refractivity contribution >= 4 is 5.91 Å². The average molecular weight is 286 g/mol. The molecule has 114 valence electrons. The summed E-state index contributed by atoms with van der Waals surface area (Å²) in [5.41, 5.74) is 1.23. The largest absolute Gasteiger partial charge is 0.326 e. The minimum atomic E-state index is -0.0565. The Bertz CT molecular complexity index is 481. The van der Waals surface area contributed by atoms with Crippen molar-refractivity contribution in [3.8, 4) is 0 Å². The smallest absolute Gasteiger partial charge is 0.241 e. The second-order valence-corrected chi connectivity index (χ2v) is 6.86. The minimum Gasteiger partial charge on any atom is -0.326 e. The molecular formula is C18H26N2O. The molecule has 1 saturated carbocycles. The number of hydrogen-bond donors (Lipinski definition) is 1. The van der Waals surface area contributed by atoms with E-state index >= 15 is 0 Å². The molecule has 1 amide bonds. The zero-order valence-electron chi connectivity index (χ0n) is 13.1. The van der Waals surface area contributed by atoms with Gasteiger partial charge >= 0.3 is 0 Å². The molecule has 21 heavy (non-hydrogen) atoms. The highest BCUT2D eigenvalue weighted by atomic mass is 16.2. The van der Waals surface area contributed by atoms with E-state index in [2.05, 4.69) is 36.2 Å². The van der Waals surface area contributed by atoms with Crippen LogP contribution in [0, 0.1) is 11.8 Å². The first-order valence-corrected chi connectivity index (χ1v) is 8.25. The standard InChI is InChI=1S/C18H26N2O/c1-13(2)17-19-16(12-15-6-4-3-5-7-15)18(21)20(17)11-10-14-8-9-14/h3-7,13-14,16-17,19H,8-12H2,1-2H3. The van der Waals surface area contributed by atoms with E-state index < -0.39 is 0 Å². The Hall–Kier alpha value is -1.35. The third-order valence-electron chi connectivity index (χ3n) is 4.68. The number of rotatable bonds is 6. The summed E-state index contributed by atoms with van der Waals surface area (Å²) in [6.07, 6.45) is 4.88. The molecule has 2 atom stereocenters. The van der Waals surface area contributed by atoms with Gasteiger partial charge in [0.2, 0.25) is 5.91 Å². The van der Waals surface area contributed by atoms with Gasteiger partial charge in [-0.15, -0.1) is 0 Å². The van der Waals surface area contributed by atoms with E-state index in [1.807, 2.05) is 18.2 Å². The van der Waals surface area contributed by atoms with Crippen LogP contribution in [0.2, 0.25) is 0 Å². The molecule has 2 unspecified atom stereocenters. The van der Waals surface area contributed by atoms with E-state index in [1.54, 1.807) is 0 Å². The zero-order chi connectivity index (χ0) is 14.8. The summed E-state index contributed by atoms with van der Waals surface area (Å²) in [6, 6.07) is 10.3. The summed E-state index contributed by atoms with van der Waals surface area (Å²) in [4.78, 5) is 14.8. The van der Waals surface area contributed by atoms with Gasteiger partial charge in [-0.05, 0) is 30.2 Å². The Morgan fingerprint density at radius 1 is 1.24 bits per heavy atom. The van der Waals surface area contributed by atoms with Crippen LogP contribution in [0.5, 0.6) is 0 Å². The average Bonchev–Trinajstić information content (AvgIpc) is 3.25. The maximum Gasteiger partial charge on any atom is 0.241 e. The Balaban J connectivity index is 1.66. The van der Waals surface area contributed by atoms with E-state index in [4.69, 9.17) is 0 Å². The number of amides is 1. The van der Waals surface area contributed by atoms with Gasteiger partial charge in [-0.1, -0.05) is 57.0 Å². The molecule has 3 nitrogen and oxygen atoms in total. The third-order valence-corrected chi connectivity index (χ3v) is 4.68. The molecule has 2 aliphatic rings. The van der Waals surface area contributed by atoms with E-state index in [-0.39, 0.29) is 12.2 Å². The van der Waals surface area contributed by atoms with Crippen LogP contribution in [0.4, 0.5) is 0 Å². The normalized spacial score (nSPS) is 25.9. The second kappa shape index (κ2) is 6.18. The van der Waals surface area contributed by atoms with Gasteiger partial charge in [0, 0.05) is 6.54 Å². The number of nitrogens with zero attached hydrogens (tertiary/aromatic N) is 1. The van der Waals surface area contributed by atoms with E-state index in [9.17, 15) is 4.79 Å². The molecular weight excluding hydrogens is 260 g/mol. The lowest BCUT2D eigenvalue weighted by atomic mass is 10.1. The Kier molecular flexibility index (Phi) is 4.29. The summed E-state index contributed by atoms with van der Waals surface area (Å²) >= 11 is 0. The van der Waals surface area contributed by atoms with Gasteiger partial charge in [0.15, 0.2) is 0 Å². The number of carbonyl (C=O) groups is 1. The maximum absolute atomic E-state index is 12.7. The van der Waals surface area contributed by atoms with Crippen LogP contribution in [0.25, 0.3) is 0 Å². The van der Waals surface area contributed by atoms with Crippen molar-refractivity contribution < 1.29 is 4.79 Å². The molecule has 1 aromatic carbocycles. The van der Waals surface area contributed by atoms with Gasteiger partial charge in [-0.25, -0.2) is 0 Å². The Morgan fingerprint density at radius 3 is 2.57 bits per heavy atom. The quantitative estimate of drug-likeness (QED) is 0.872. The lowest BCUT2D eigenvalue weighted by Gasteiger charge is -2.27. The molecule has 1 aliphatic heterocycles. The molecule has 1 N–H and O–H groups in total. The Labute approximate surface area is 127 Å². The van der Waals surface area contributed by atoms with E-state index in [0.29, 0.717) is 11.8 Å².